The molecule has 0 heterocycles. The maximum Gasteiger partial charge on any atom is 0.306 e. The lowest BCUT2D eigenvalue weighted by Crippen LogP contribution is -2.18. The maximum atomic E-state index is 12.3. The smallest absolute Gasteiger partial charge is 0.306 e. The van der Waals surface area contributed by atoms with Crippen LogP contribution < -0.4 is 0 Å². The highest BCUT2D eigenvalue weighted by Gasteiger charge is 2.18. The summed E-state index contributed by atoms with van der Waals surface area (Å²) in [6.07, 6.45) is 79.2. The molecule has 0 N–H and O–H groups in total. The molecular weight excluding hydrogens is 1160 g/mol. The van der Waals surface area contributed by atoms with Crippen molar-refractivity contribution in [1.82, 2.24) is 0 Å². The number of hydrogen-bond donors (Lipinski definition) is 0. The third-order valence-corrected chi connectivity index (χ3v) is 18.7. The monoisotopic (exact) mass is 1330 g/mol. The van der Waals surface area contributed by atoms with E-state index in [1.54, 1.807) is 0 Å². The Kier molecular flexibility index (Phi) is 90.9. The molecule has 4 atom stereocenters. The molecule has 0 aliphatic heterocycles. The topological polar surface area (TPSA) is 105 Å². The van der Waals surface area contributed by atoms with Crippen molar-refractivity contribution in [3.63, 3.8) is 0 Å². The lowest BCUT2D eigenvalue weighted by Gasteiger charge is -2.18. The van der Waals surface area contributed by atoms with E-state index in [-0.39, 0.29) is 48.3 Å². The highest BCUT2D eigenvalue weighted by molar-refractivity contribution is 5.70. The first-order valence-corrected chi connectivity index (χ1v) is 42.7. The summed E-state index contributed by atoms with van der Waals surface area (Å²) in [6, 6.07) is 0. The number of rotatable bonds is 70. The lowest BCUT2D eigenvalue weighted by atomic mass is 10.0. The summed E-state index contributed by atoms with van der Waals surface area (Å²) in [4.78, 5) is 48.0. The lowest BCUT2D eigenvalue weighted by molar-refractivity contribution is -0.151. The van der Waals surface area contributed by atoms with E-state index < -0.39 is 0 Å². The van der Waals surface area contributed by atoms with Crippen LogP contribution in [-0.4, -0.2) is 48.3 Å². The molecule has 0 fully saturated rings. The summed E-state index contributed by atoms with van der Waals surface area (Å²) in [6.45, 7) is 26.7. The van der Waals surface area contributed by atoms with Gasteiger partial charge in [-0.05, 0) is 116 Å². The molecule has 0 aromatic rings. The second-order valence-electron chi connectivity index (χ2n) is 28.6. The molecule has 0 amide bonds. The highest BCUT2D eigenvalue weighted by Crippen LogP contribution is 2.22. The fourth-order valence-corrected chi connectivity index (χ4v) is 12.2. The number of carbonyl (C=O) groups excluding carboxylic acids is 4. The Balaban J connectivity index is -0.000000587. The zero-order chi connectivity index (χ0) is 70.1. The van der Waals surface area contributed by atoms with Crippen LogP contribution in [-0.2, 0) is 38.1 Å². The van der Waals surface area contributed by atoms with Gasteiger partial charge in [-0.15, -0.1) is 0 Å². The van der Waals surface area contributed by atoms with Gasteiger partial charge in [0.25, 0.3) is 0 Å². The SMILES string of the molecule is CCCCCC(=O)OC(CCCC)CCCCC.CCCCCCC(CCCC)OC(=O)CCCCC.CCCCCCCCCCC(CCCCCC)OC(=O)CCCCCCCC.CCCCCCCCCCC(CCCCCC)OC(=O)CCCCCCCCC. The normalized spacial score (nSPS) is 12.3. The Labute approximate surface area is 590 Å². The molecule has 0 saturated carbocycles. The second kappa shape index (κ2) is 87.0. The van der Waals surface area contributed by atoms with Gasteiger partial charge in [-0.25, -0.2) is 0 Å². The van der Waals surface area contributed by atoms with Crippen LogP contribution in [0.2, 0.25) is 0 Å². The van der Waals surface area contributed by atoms with Gasteiger partial charge in [-0.3, -0.25) is 19.2 Å². The van der Waals surface area contributed by atoms with Crippen molar-refractivity contribution in [3.8, 4) is 0 Å². The molecule has 564 valence electrons. The van der Waals surface area contributed by atoms with Gasteiger partial charge >= 0.3 is 23.9 Å². The third kappa shape index (κ3) is 84.1. The number of unbranched alkanes of at least 4 members (excludes halogenated alkanes) is 42. The van der Waals surface area contributed by atoms with Crippen molar-refractivity contribution in [2.75, 3.05) is 0 Å². The molecule has 0 bridgehead atoms. The highest BCUT2D eigenvalue weighted by atomic mass is 16.6. The first-order chi connectivity index (χ1) is 46.0. The van der Waals surface area contributed by atoms with E-state index in [2.05, 4.69) is 83.1 Å². The van der Waals surface area contributed by atoms with Crippen molar-refractivity contribution in [2.24, 2.45) is 0 Å². The minimum atomic E-state index is 0.0149. The van der Waals surface area contributed by atoms with Gasteiger partial charge < -0.3 is 18.9 Å². The molecule has 0 aromatic heterocycles. The van der Waals surface area contributed by atoms with Crippen molar-refractivity contribution >= 4 is 23.9 Å². The van der Waals surface area contributed by atoms with Crippen LogP contribution in [0, 0.1) is 0 Å². The molecular formula is C86H172O8. The summed E-state index contributed by atoms with van der Waals surface area (Å²) < 4.78 is 23.0. The van der Waals surface area contributed by atoms with E-state index in [0.717, 1.165) is 103 Å². The summed E-state index contributed by atoms with van der Waals surface area (Å²) >= 11 is 0. The molecule has 8 heteroatoms. The van der Waals surface area contributed by atoms with E-state index in [1.165, 1.54) is 295 Å². The van der Waals surface area contributed by atoms with Gasteiger partial charge in [-0.2, -0.15) is 0 Å². The largest absolute Gasteiger partial charge is 0.462 e. The third-order valence-electron chi connectivity index (χ3n) is 18.7. The Morgan fingerprint density at radius 3 is 0.479 bits per heavy atom. The van der Waals surface area contributed by atoms with Crippen molar-refractivity contribution < 1.29 is 38.1 Å². The van der Waals surface area contributed by atoms with E-state index >= 15 is 0 Å². The first-order valence-electron chi connectivity index (χ1n) is 42.7. The van der Waals surface area contributed by atoms with E-state index in [9.17, 15) is 19.2 Å². The average Bonchev–Trinajstić information content (AvgIpc) is 3.50. The summed E-state index contributed by atoms with van der Waals surface area (Å²) in [5, 5.41) is 0. The molecule has 8 nitrogen and oxygen atoms in total. The van der Waals surface area contributed by atoms with Crippen molar-refractivity contribution in [3.05, 3.63) is 0 Å². The number of esters is 4. The molecule has 0 saturated heterocycles. The minimum absolute atomic E-state index is 0.0149. The zero-order valence-electron chi connectivity index (χ0n) is 66.2. The van der Waals surface area contributed by atoms with Crippen LogP contribution in [0.15, 0.2) is 0 Å². The van der Waals surface area contributed by atoms with Gasteiger partial charge in [0.1, 0.15) is 24.4 Å². The van der Waals surface area contributed by atoms with Crippen LogP contribution in [0.5, 0.6) is 0 Å². The molecule has 94 heavy (non-hydrogen) atoms. The predicted molar refractivity (Wildman–Crippen MR) is 412 cm³/mol. The quantitative estimate of drug-likeness (QED) is 0.0337. The molecule has 0 aliphatic carbocycles. The van der Waals surface area contributed by atoms with Gasteiger partial charge in [0, 0.05) is 25.7 Å². The van der Waals surface area contributed by atoms with Gasteiger partial charge in [0.2, 0.25) is 0 Å². The summed E-state index contributed by atoms with van der Waals surface area (Å²) in [5.41, 5.74) is 0. The molecule has 0 spiro atoms. The van der Waals surface area contributed by atoms with Crippen LogP contribution >= 0.6 is 0 Å². The number of ether oxygens (including phenoxy) is 4. The minimum Gasteiger partial charge on any atom is -0.462 e. The second-order valence-corrected chi connectivity index (χ2v) is 28.6. The first kappa shape index (κ1) is 98.3. The average molecular weight is 1330 g/mol. The van der Waals surface area contributed by atoms with Crippen LogP contribution in [0.4, 0.5) is 0 Å². The standard InChI is InChI=1S/C27H54O2.C26H52O2.C17H34O2.C16H32O2/c1-4-7-10-13-15-17-18-21-24-26(23-20-12-9-6-3)29-27(28)25-22-19-16-14-11-8-5-2;1-4-7-10-13-15-16-17-20-23-25(22-19-12-9-6-3)28-26(27)24-21-18-14-11-8-5-2;1-4-7-10-12-14-16(13-9-6-3)19-17(18)15-11-8-5-2;1-4-7-10-13-15(12-9-6-3)18-16(17)14-11-8-5-2/h26H,4-25H2,1-3H3;25H,4-24H2,1-3H3;16H,4-15H2,1-3H3;15H,4-14H2,1-3H3. The van der Waals surface area contributed by atoms with Gasteiger partial charge in [0.05, 0.1) is 0 Å². The Hall–Kier alpha value is -2.12. The summed E-state index contributed by atoms with van der Waals surface area (Å²) in [7, 11) is 0. The Bertz CT molecular complexity index is 1450. The summed E-state index contributed by atoms with van der Waals surface area (Å²) in [5.74, 6) is 0.139. The van der Waals surface area contributed by atoms with Crippen molar-refractivity contribution in [1.29, 1.82) is 0 Å². The van der Waals surface area contributed by atoms with Crippen LogP contribution in [0.1, 0.15) is 507 Å². The van der Waals surface area contributed by atoms with E-state index in [1.807, 2.05) is 0 Å². The van der Waals surface area contributed by atoms with E-state index in [0.29, 0.717) is 25.7 Å². The predicted octanol–water partition coefficient (Wildman–Crippen LogP) is 29.6. The Morgan fingerprint density at radius 2 is 0.277 bits per heavy atom. The number of hydrogen-bond acceptors (Lipinski definition) is 8. The number of carbonyl (C=O) groups is 4. The molecule has 0 aromatic carbocycles. The van der Waals surface area contributed by atoms with Crippen LogP contribution in [0.3, 0.4) is 0 Å². The maximum absolute atomic E-state index is 12.3. The zero-order valence-corrected chi connectivity index (χ0v) is 66.2. The van der Waals surface area contributed by atoms with Gasteiger partial charge in [0.15, 0.2) is 0 Å². The molecule has 0 radical (unpaired) electrons. The van der Waals surface area contributed by atoms with Crippen LogP contribution in [0.25, 0.3) is 0 Å². The van der Waals surface area contributed by atoms with Crippen molar-refractivity contribution in [2.45, 2.75) is 531 Å². The van der Waals surface area contributed by atoms with E-state index in [4.69, 9.17) is 18.9 Å². The fraction of sp³-hybridized carbons (Fsp3) is 0.953. The van der Waals surface area contributed by atoms with Gasteiger partial charge in [-0.1, -0.05) is 366 Å². The molecule has 0 rings (SSSR count). The molecule has 4 unspecified atom stereocenters. The molecule has 0 aliphatic rings. The fourth-order valence-electron chi connectivity index (χ4n) is 12.2. The Morgan fingerprint density at radius 1 is 0.160 bits per heavy atom.